The number of carbonyl (C=O) groups is 1. The zero-order valence-electron chi connectivity index (χ0n) is 13.8. The van der Waals surface area contributed by atoms with Gasteiger partial charge < -0.3 is 9.80 Å². The smallest absolute Gasteiger partial charge is 0.241 e. The van der Waals surface area contributed by atoms with E-state index in [1.54, 1.807) is 0 Å². The summed E-state index contributed by atoms with van der Waals surface area (Å²) in [5.74, 6) is 0.918. The molecule has 116 valence electrons. The van der Waals surface area contributed by atoms with Crippen molar-refractivity contribution >= 4 is 5.91 Å². The predicted octanol–water partition coefficient (Wildman–Crippen LogP) is 2.05. The molecule has 1 saturated heterocycles. The van der Waals surface area contributed by atoms with Crippen LogP contribution in [0.2, 0.25) is 0 Å². The van der Waals surface area contributed by atoms with Gasteiger partial charge in [0, 0.05) is 12.1 Å². The van der Waals surface area contributed by atoms with Gasteiger partial charge in [0.05, 0.1) is 12.2 Å². The maximum atomic E-state index is 12.6. The highest BCUT2D eigenvalue weighted by Gasteiger charge is 2.46. The normalized spacial score (nSPS) is 29.4. The van der Waals surface area contributed by atoms with E-state index in [-0.39, 0.29) is 17.7 Å². The Balaban J connectivity index is 2.11. The minimum atomic E-state index is 0.0260. The van der Waals surface area contributed by atoms with Crippen molar-refractivity contribution in [1.29, 1.82) is 0 Å². The van der Waals surface area contributed by atoms with Gasteiger partial charge in [0.15, 0.2) is 0 Å². The van der Waals surface area contributed by atoms with Crippen LogP contribution in [0.5, 0.6) is 0 Å². The summed E-state index contributed by atoms with van der Waals surface area (Å²) < 4.78 is 0. The molecule has 1 aliphatic carbocycles. The molecule has 2 fully saturated rings. The Morgan fingerprint density at radius 1 is 1.40 bits per heavy atom. The molecule has 0 spiro atoms. The first-order chi connectivity index (χ1) is 9.39. The highest BCUT2D eigenvalue weighted by Crippen LogP contribution is 2.38. The molecule has 0 radical (unpaired) electrons. The molecule has 1 amide bonds. The van der Waals surface area contributed by atoms with Gasteiger partial charge in [0.2, 0.25) is 5.91 Å². The molecule has 2 unspecified atom stereocenters. The van der Waals surface area contributed by atoms with Gasteiger partial charge in [-0.15, -0.1) is 0 Å². The molecule has 1 aliphatic heterocycles. The van der Waals surface area contributed by atoms with Crippen LogP contribution in [0.25, 0.3) is 0 Å². The number of nitrogens with one attached hydrogen (secondary N) is 1. The minimum absolute atomic E-state index is 0.0260. The largest absolute Gasteiger partial charge is 0.324 e. The van der Waals surface area contributed by atoms with Crippen molar-refractivity contribution in [1.82, 2.24) is 15.1 Å². The predicted molar refractivity (Wildman–Crippen MR) is 82.4 cm³/mol. The van der Waals surface area contributed by atoms with E-state index in [4.69, 9.17) is 0 Å². The first-order valence-electron chi connectivity index (χ1n) is 8.13. The molecule has 2 aliphatic rings. The van der Waals surface area contributed by atoms with Crippen LogP contribution in [-0.2, 0) is 4.79 Å². The van der Waals surface area contributed by atoms with Crippen LogP contribution in [-0.4, -0.2) is 54.1 Å². The zero-order valence-corrected chi connectivity index (χ0v) is 13.8. The lowest BCUT2D eigenvalue weighted by molar-refractivity contribution is -0.133. The van der Waals surface area contributed by atoms with Crippen molar-refractivity contribution in [2.24, 2.45) is 5.92 Å². The van der Waals surface area contributed by atoms with Crippen molar-refractivity contribution in [2.45, 2.75) is 70.6 Å². The van der Waals surface area contributed by atoms with Crippen molar-refractivity contribution in [2.75, 3.05) is 20.6 Å². The molecule has 1 saturated carbocycles. The van der Waals surface area contributed by atoms with Crippen LogP contribution >= 0.6 is 0 Å². The molecule has 2 atom stereocenters. The average Bonchev–Trinajstić information content (AvgIpc) is 2.59. The second kappa shape index (κ2) is 6.02. The highest BCUT2D eigenvalue weighted by atomic mass is 16.2. The minimum Gasteiger partial charge on any atom is -0.324 e. The standard InChI is InChI=1S/C16H31N3O/c1-6-13-15(20)19(14(17-13)10-12(2)3)11-16(18(4)5)8-7-9-16/h12-14,17H,6-11H2,1-5H3. The van der Waals surface area contributed by atoms with Gasteiger partial charge in [-0.3, -0.25) is 10.1 Å². The van der Waals surface area contributed by atoms with Crippen molar-refractivity contribution in [3.63, 3.8) is 0 Å². The first-order valence-corrected chi connectivity index (χ1v) is 8.13. The molecule has 0 aromatic rings. The Morgan fingerprint density at radius 3 is 2.45 bits per heavy atom. The summed E-state index contributed by atoms with van der Waals surface area (Å²) in [5.41, 5.74) is 0.217. The number of carbonyl (C=O) groups excluding carboxylic acids is 1. The van der Waals surface area contributed by atoms with Crippen LogP contribution in [0.1, 0.15) is 52.9 Å². The third-order valence-corrected chi connectivity index (χ3v) is 5.15. The molecule has 1 N–H and O–H groups in total. The van der Waals surface area contributed by atoms with Crippen molar-refractivity contribution in [3.8, 4) is 0 Å². The lowest BCUT2D eigenvalue weighted by atomic mass is 9.75. The number of hydrogen-bond donors (Lipinski definition) is 1. The van der Waals surface area contributed by atoms with Gasteiger partial charge in [-0.25, -0.2) is 0 Å². The highest BCUT2D eigenvalue weighted by molar-refractivity contribution is 5.84. The molecular weight excluding hydrogens is 250 g/mol. The van der Waals surface area contributed by atoms with Gasteiger partial charge >= 0.3 is 0 Å². The number of amides is 1. The fourth-order valence-corrected chi connectivity index (χ4v) is 3.52. The van der Waals surface area contributed by atoms with E-state index >= 15 is 0 Å². The fourth-order valence-electron chi connectivity index (χ4n) is 3.52. The third kappa shape index (κ3) is 2.86. The van der Waals surface area contributed by atoms with Gasteiger partial charge in [-0.2, -0.15) is 0 Å². The maximum Gasteiger partial charge on any atom is 0.241 e. The van der Waals surface area contributed by atoms with Gasteiger partial charge in [-0.1, -0.05) is 20.8 Å². The Labute approximate surface area is 123 Å². The molecule has 1 heterocycles. The molecule has 0 bridgehead atoms. The van der Waals surface area contributed by atoms with Gasteiger partial charge in [-0.05, 0) is 52.1 Å². The topological polar surface area (TPSA) is 35.6 Å². The van der Waals surface area contributed by atoms with Crippen molar-refractivity contribution in [3.05, 3.63) is 0 Å². The van der Waals surface area contributed by atoms with E-state index in [0.29, 0.717) is 11.8 Å². The summed E-state index contributed by atoms with van der Waals surface area (Å²) in [6.07, 6.45) is 5.89. The monoisotopic (exact) mass is 281 g/mol. The quantitative estimate of drug-likeness (QED) is 0.809. The zero-order chi connectivity index (χ0) is 14.9. The van der Waals surface area contributed by atoms with E-state index in [9.17, 15) is 4.79 Å². The van der Waals surface area contributed by atoms with Crippen LogP contribution in [0.15, 0.2) is 0 Å². The van der Waals surface area contributed by atoms with E-state index in [2.05, 4.69) is 50.0 Å². The summed E-state index contributed by atoms with van der Waals surface area (Å²) in [6.45, 7) is 7.44. The summed E-state index contributed by atoms with van der Waals surface area (Å²) in [5, 5.41) is 3.54. The Kier molecular flexibility index (Phi) is 4.75. The number of nitrogens with zero attached hydrogens (tertiary/aromatic N) is 2. The maximum absolute atomic E-state index is 12.6. The first kappa shape index (κ1) is 15.8. The van der Waals surface area contributed by atoms with Gasteiger partial charge in [0.25, 0.3) is 0 Å². The molecule has 0 aromatic carbocycles. The molecule has 2 rings (SSSR count). The lowest BCUT2D eigenvalue weighted by Crippen LogP contribution is -2.59. The van der Waals surface area contributed by atoms with E-state index in [1.807, 2.05) is 0 Å². The second-order valence-corrected chi connectivity index (χ2v) is 7.21. The third-order valence-electron chi connectivity index (χ3n) is 5.15. The Hall–Kier alpha value is -0.610. The molecule has 4 nitrogen and oxygen atoms in total. The second-order valence-electron chi connectivity index (χ2n) is 7.21. The van der Waals surface area contributed by atoms with E-state index in [1.165, 1.54) is 19.3 Å². The van der Waals surface area contributed by atoms with Gasteiger partial charge in [0.1, 0.15) is 0 Å². The number of hydrogen-bond acceptors (Lipinski definition) is 3. The number of rotatable bonds is 6. The van der Waals surface area contributed by atoms with Crippen molar-refractivity contribution < 1.29 is 4.79 Å². The molecule has 4 heteroatoms. The van der Waals surface area contributed by atoms with Crippen LogP contribution in [0.3, 0.4) is 0 Å². The van der Waals surface area contributed by atoms with Crippen LogP contribution < -0.4 is 5.32 Å². The molecule has 20 heavy (non-hydrogen) atoms. The summed E-state index contributed by atoms with van der Waals surface area (Å²) in [7, 11) is 4.31. The van der Waals surface area contributed by atoms with Crippen LogP contribution in [0.4, 0.5) is 0 Å². The molecule has 0 aromatic heterocycles. The molecular formula is C16H31N3O. The SMILES string of the molecule is CCC1NC(CC(C)C)N(CC2(N(C)C)CCC2)C1=O. The number of likely N-dealkylation sites (N-methyl/N-ethyl adjacent to an activating group) is 1. The lowest BCUT2D eigenvalue weighted by Gasteiger charge is -2.50. The van der Waals surface area contributed by atoms with E-state index in [0.717, 1.165) is 19.4 Å². The fraction of sp³-hybridized carbons (Fsp3) is 0.938. The van der Waals surface area contributed by atoms with Crippen LogP contribution in [0, 0.1) is 5.92 Å². The Bertz CT molecular complexity index is 350. The summed E-state index contributed by atoms with van der Waals surface area (Å²) in [6, 6.07) is 0.0260. The summed E-state index contributed by atoms with van der Waals surface area (Å²) in [4.78, 5) is 17.1. The van der Waals surface area contributed by atoms with E-state index < -0.39 is 0 Å². The summed E-state index contributed by atoms with van der Waals surface area (Å²) >= 11 is 0. The Morgan fingerprint density at radius 2 is 2.05 bits per heavy atom. The average molecular weight is 281 g/mol.